The standard InChI is InChI=1S/C31H35N2O4.C30H32N2O4.HI/c1-30(2,3)36-28(34)22-13-9-20(10-14-22)24-17-18-25(27-26(24)32(7)19-33(27)8)21-11-15-23(16-12-21)29(35)37-31(4,5)6;1-29(2,3)35-27(33)21-12-8-19(9-13-21)23-16-17-24(26-25(23)31-18-32(26)7)20-10-14-22(15-11-20)28(34)36-30(4,5)6;/h9-19H,1-8H3;8-18H,1-7H3;1H/q+1;;/p-1. The van der Waals surface area contributed by atoms with E-state index in [1.807, 2.05) is 194 Å². The number of rotatable bonds is 8. The monoisotopic (exact) mass is 1110 g/mol. The van der Waals surface area contributed by atoms with Crippen molar-refractivity contribution in [2.24, 2.45) is 21.1 Å². The van der Waals surface area contributed by atoms with E-state index in [4.69, 9.17) is 18.9 Å². The number of aryl methyl sites for hydroxylation is 3. The van der Waals surface area contributed by atoms with Crippen molar-refractivity contribution in [1.29, 1.82) is 0 Å². The first-order valence-corrected chi connectivity index (χ1v) is 24.3. The van der Waals surface area contributed by atoms with Crippen LogP contribution in [-0.4, -0.2) is 60.4 Å². The van der Waals surface area contributed by atoms with Gasteiger partial charge in [-0.25, -0.2) is 33.3 Å². The molecule has 0 aliphatic heterocycles. The first-order valence-electron chi connectivity index (χ1n) is 24.3. The fourth-order valence-corrected chi connectivity index (χ4v) is 8.36. The summed E-state index contributed by atoms with van der Waals surface area (Å²) in [5, 5.41) is 0. The SMILES string of the molecule is Cn1c[n+](C)c2c(-c3ccc(C(=O)OC(C)(C)C)cc3)ccc(-c3ccc(C(=O)OC(C)(C)C)cc3)c21.Cn1cnc2c(-c3ccc(C(=O)OC(C)(C)C)cc3)ccc(-c3ccc(C(=O)OC(C)(C)C)cc3)c21.[I-]. The topological polar surface area (TPSA) is 132 Å². The predicted octanol–water partition coefficient (Wildman–Crippen LogP) is 10.1. The van der Waals surface area contributed by atoms with Crippen LogP contribution in [-0.2, 0) is 40.1 Å². The van der Waals surface area contributed by atoms with E-state index in [1.165, 1.54) is 0 Å². The highest BCUT2D eigenvalue weighted by Crippen LogP contribution is 2.37. The van der Waals surface area contributed by atoms with E-state index in [0.29, 0.717) is 22.3 Å². The zero-order chi connectivity index (χ0) is 53.4. The molecular formula is C61H67IN4O8. The second-order valence-electron chi connectivity index (χ2n) is 22.2. The summed E-state index contributed by atoms with van der Waals surface area (Å²) >= 11 is 0. The number of hydrogen-bond acceptors (Lipinski definition) is 9. The van der Waals surface area contributed by atoms with Gasteiger partial charge in [0.1, 0.15) is 22.4 Å². The van der Waals surface area contributed by atoms with E-state index in [0.717, 1.165) is 66.6 Å². The number of nitrogens with zero attached hydrogens (tertiary/aromatic N) is 4. The molecule has 386 valence electrons. The second kappa shape index (κ2) is 21.8. The zero-order valence-electron chi connectivity index (χ0n) is 45.1. The van der Waals surface area contributed by atoms with Crippen molar-refractivity contribution in [2.75, 3.05) is 0 Å². The summed E-state index contributed by atoms with van der Waals surface area (Å²) in [6.45, 7) is 22.3. The molecule has 0 N–H and O–H groups in total. The third-order valence-electron chi connectivity index (χ3n) is 11.4. The Hall–Kier alpha value is -7.13. The quantitative estimate of drug-likeness (QED) is 0.0632. The highest BCUT2D eigenvalue weighted by atomic mass is 127. The van der Waals surface area contributed by atoms with Crippen LogP contribution in [0.3, 0.4) is 0 Å². The number of benzene rings is 6. The first kappa shape index (κ1) is 56.2. The zero-order valence-corrected chi connectivity index (χ0v) is 47.3. The van der Waals surface area contributed by atoms with Crippen molar-refractivity contribution in [3.63, 3.8) is 0 Å². The molecule has 0 saturated carbocycles. The van der Waals surface area contributed by atoms with Crippen LogP contribution < -0.4 is 28.5 Å². The van der Waals surface area contributed by atoms with E-state index in [-0.39, 0.29) is 47.9 Å². The molecule has 13 heteroatoms. The number of halogens is 1. The van der Waals surface area contributed by atoms with Crippen LogP contribution in [0.4, 0.5) is 0 Å². The molecule has 74 heavy (non-hydrogen) atoms. The molecule has 0 radical (unpaired) electrons. The Balaban J connectivity index is 0.000000238. The number of carbonyl (C=O) groups excluding carboxylic acids is 4. The lowest BCUT2D eigenvalue weighted by molar-refractivity contribution is -0.645. The smallest absolute Gasteiger partial charge is 0.338 e. The third-order valence-corrected chi connectivity index (χ3v) is 11.4. The lowest BCUT2D eigenvalue weighted by Gasteiger charge is -2.19. The summed E-state index contributed by atoms with van der Waals surface area (Å²) in [4.78, 5) is 54.4. The van der Waals surface area contributed by atoms with Crippen molar-refractivity contribution in [3.05, 3.63) is 156 Å². The molecule has 0 bridgehead atoms. The minimum atomic E-state index is -0.545. The maximum Gasteiger partial charge on any atom is 0.338 e. The Kier molecular flexibility index (Phi) is 16.5. The van der Waals surface area contributed by atoms with Crippen LogP contribution >= 0.6 is 0 Å². The summed E-state index contributed by atoms with van der Waals surface area (Å²) in [6.07, 6.45) is 3.84. The molecule has 2 aromatic heterocycles. The number of aromatic nitrogens is 4. The molecule has 0 spiro atoms. The molecule has 0 amide bonds. The molecule has 0 aliphatic carbocycles. The minimum absolute atomic E-state index is 0. The van der Waals surface area contributed by atoms with Crippen molar-refractivity contribution in [2.45, 2.75) is 105 Å². The molecular weight excluding hydrogens is 1040 g/mol. The molecule has 0 unspecified atom stereocenters. The van der Waals surface area contributed by atoms with Gasteiger partial charge in [0.25, 0.3) is 0 Å². The summed E-state index contributed by atoms with van der Waals surface area (Å²) in [5.41, 5.74) is 11.9. The fourth-order valence-electron chi connectivity index (χ4n) is 8.36. The first-order chi connectivity index (χ1) is 34.1. The molecule has 0 saturated heterocycles. The van der Waals surface area contributed by atoms with Gasteiger partial charge in [0.2, 0.25) is 6.33 Å². The van der Waals surface area contributed by atoms with Gasteiger partial charge in [-0.2, -0.15) is 0 Å². The van der Waals surface area contributed by atoms with Crippen LogP contribution in [0.2, 0.25) is 0 Å². The maximum absolute atomic E-state index is 12.5. The van der Waals surface area contributed by atoms with E-state index < -0.39 is 22.4 Å². The van der Waals surface area contributed by atoms with Crippen LogP contribution in [0.1, 0.15) is 125 Å². The molecule has 0 atom stereocenters. The van der Waals surface area contributed by atoms with Crippen LogP contribution in [0.25, 0.3) is 66.6 Å². The Morgan fingerprint density at radius 1 is 0.405 bits per heavy atom. The predicted molar refractivity (Wildman–Crippen MR) is 287 cm³/mol. The number of esters is 4. The van der Waals surface area contributed by atoms with Gasteiger partial charge < -0.3 is 47.5 Å². The van der Waals surface area contributed by atoms with Gasteiger partial charge >= 0.3 is 23.9 Å². The van der Waals surface area contributed by atoms with Gasteiger partial charge in [0.05, 0.1) is 53.7 Å². The number of carbonyl (C=O) groups is 4. The van der Waals surface area contributed by atoms with Crippen molar-refractivity contribution in [1.82, 2.24) is 14.1 Å². The van der Waals surface area contributed by atoms with Gasteiger partial charge in [-0.05, 0) is 166 Å². The Morgan fingerprint density at radius 3 is 1.03 bits per heavy atom. The van der Waals surface area contributed by atoms with Crippen molar-refractivity contribution < 1.29 is 66.7 Å². The van der Waals surface area contributed by atoms with Crippen LogP contribution in [0, 0.1) is 0 Å². The second-order valence-corrected chi connectivity index (χ2v) is 22.2. The highest BCUT2D eigenvalue weighted by molar-refractivity contribution is 6.03. The summed E-state index contributed by atoms with van der Waals surface area (Å²) in [6, 6.07) is 38.2. The van der Waals surface area contributed by atoms with E-state index in [2.05, 4.69) is 32.3 Å². The molecule has 0 aliphatic rings. The average molecular weight is 1110 g/mol. The third kappa shape index (κ3) is 13.5. The van der Waals surface area contributed by atoms with Gasteiger partial charge in [0, 0.05) is 29.3 Å². The molecule has 6 aromatic carbocycles. The van der Waals surface area contributed by atoms with E-state index in [1.54, 1.807) is 30.6 Å². The van der Waals surface area contributed by atoms with Gasteiger partial charge in [-0.1, -0.05) is 60.7 Å². The number of imidazole rings is 2. The summed E-state index contributed by atoms with van der Waals surface area (Å²) in [5.74, 6) is -1.36. The number of hydrogen-bond donors (Lipinski definition) is 0. The fraction of sp³-hybridized carbons (Fsp3) is 0.311. The summed E-state index contributed by atoms with van der Waals surface area (Å²) in [7, 11) is 6.01. The lowest BCUT2D eigenvalue weighted by Crippen LogP contribution is -3.00. The van der Waals surface area contributed by atoms with E-state index in [9.17, 15) is 19.2 Å². The minimum Gasteiger partial charge on any atom is -1.00 e. The van der Waals surface area contributed by atoms with Crippen LogP contribution in [0.5, 0.6) is 0 Å². The van der Waals surface area contributed by atoms with Gasteiger partial charge in [-0.15, -0.1) is 0 Å². The maximum atomic E-state index is 12.5. The summed E-state index contributed by atoms with van der Waals surface area (Å²) < 4.78 is 28.1. The van der Waals surface area contributed by atoms with Gasteiger partial charge in [0.15, 0.2) is 11.0 Å². The molecule has 0 fully saturated rings. The van der Waals surface area contributed by atoms with E-state index >= 15 is 0 Å². The number of ether oxygens (including phenoxy) is 4. The molecule has 12 nitrogen and oxygen atoms in total. The lowest BCUT2D eigenvalue weighted by atomic mass is 9.96. The Bertz CT molecular complexity index is 3230. The molecule has 8 aromatic rings. The van der Waals surface area contributed by atoms with Gasteiger partial charge in [-0.3, -0.25) is 0 Å². The molecule has 2 heterocycles. The van der Waals surface area contributed by atoms with Crippen molar-refractivity contribution in [3.8, 4) is 44.5 Å². The average Bonchev–Trinajstić information content (AvgIpc) is 3.84. The highest BCUT2D eigenvalue weighted by Gasteiger charge is 2.25. The number of fused-ring (bicyclic) bond motifs is 2. The largest absolute Gasteiger partial charge is 1.00 e. The van der Waals surface area contributed by atoms with Crippen LogP contribution in [0.15, 0.2) is 134 Å². The Labute approximate surface area is 451 Å². The normalized spacial score (nSPS) is 11.8. The van der Waals surface area contributed by atoms with Crippen molar-refractivity contribution >= 4 is 45.9 Å². The molecule has 8 rings (SSSR count). The Morgan fingerprint density at radius 2 is 0.689 bits per heavy atom.